The van der Waals surface area contributed by atoms with Crippen LogP contribution < -0.4 is 0 Å². The van der Waals surface area contributed by atoms with E-state index in [0.717, 1.165) is 19.4 Å². The average Bonchev–Trinajstić information content (AvgIpc) is 2.38. The Morgan fingerprint density at radius 2 is 2.19 bits per heavy atom. The van der Waals surface area contributed by atoms with Gasteiger partial charge in [-0.3, -0.25) is 0 Å². The summed E-state index contributed by atoms with van der Waals surface area (Å²) in [4.78, 5) is 11.6. The molecule has 1 aromatic rings. The smallest absolute Gasteiger partial charge is 0.338 e. The van der Waals surface area contributed by atoms with E-state index in [4.69, 9.17) is 9.47 Å². The summed E-state index contributed by atoms with van der Waals surface area (Å²) in [6, 6.07) is 9.08. The van der Waals surface area contributed by atoms with E-state index in [-0.39, 0.29) is 5.97 Å². The second kappa shape index (κ2) is 5.66. The number of hydrogen-bond donors (Lipinski definition) is 0. The van der Waals surface area contributed by atoms with Gasteiger partial charge in [0.2, 0.25) is 0 Å². The number of carbonyl (C=O) groups is 1. The highest BCUT2D eigenvalue weighted by Crippen LogP contribution is 2.14. The Kier molecular flexibility index (Phi) is 3.94. The van der Waals surface area contributed by atoms with Crippen molar-refractivity contribution in [3.05, 3.63) is 35.9 Å². The summed E-state index contributed by atoms with van der Waals surface area (Å²) in [6.45, 7) is 2.01. The summed E-state index contributed by atoms with van der Waals surface area (Å²) in [6.07, 6.45) is 2.15. The number of rotatable bonds is 3. The first kappa shape index (κ1) is 11.1. The predicted octanol–water partition coefficient (Wildman–Crippen LogP) is 2.27. The molecule has 0 aromatic heterocycles. The normalized spacial score (nSPS) is 20.4. The molecule has 1 aromatic carbocycles. The van der Waals surface area contributed by atoms with E-state index < -0.39 is 0 Å². The Morgan fingerprint density at radius 3 is 2.88 bits per heavy atom. The number of esters is 1. The van der Waals surface area contributed by atoms with Gasteiger partial charge in [-0.05, 0) is 25.0 Å². The molecule has 16 heavy (non-hydrogen) atoms. The maximum Gasteiger partial charge on any atom is 0.338 e. The van der Waals surface area contributed by atoms with Crippen molar-refractivity contribution in [1.82, 2.24) is 0 Å². The fourth-order valence-electron chi connectivity index (χ4n) is 1.79. The molecule has 0 unspecified atom stereocenters. The molecule has 1 aliphatic rings. The van der Waals surface area contributed by atoms with Crippen molar-refractivity contribution in [2.24, 2.45) is 5.92 Å². The Balaban J connectivity index is 1.79. The summed E-state index contributed by atoms with van der Waals surface area (Å²) < 4.78 is 10.6. The molecule has 0 bridgehead atoms. The molecule has 0 spiro atoms. The fourth-order valence-corrected chi connectivity index (χ4v) is 1.79. The van der Waals surface area contributed by atoms with Crippen LogP contribution in [-0.2, 0) is 9.47 Å². The molecule has 86 valence electrons. The van der Waals surface area contributed by atoms with Crippen LogP contribution in [0, 0.1) is 5.92 Å². The summed E-state index contributed by atoms with van der Waals surface area (Å²) in [7, 11) is 0. The van der Waals surface area contributed by atoms with Crippen molar-refractivity contribution in [3.8, 4) is 0 Å². The van der Waals surface area contributed by atoms with Crippen LogP contribution in [0.2, 0.25) is 0 Å². The predicted molar refractivity (Wildman–Crippen MR) is 60.3 cm³/mol. The van der Waals surface area contributed by atoms with Gasteiger partial charge < -0.3 is 9.47 Å². The fraction of sp³-hybridized carbons (Fsp3) is 0.462. The molecule has 0 N–H and O–H groups in total. The van der Waals surface area contributed by atoms with Gasteiger partial charge in [0.25, 0.3) is 0 Å². The van der Waals surface area contributed by atoms with Crippen molar-refractivity contribution in [2.75, 3.05) is 19.8 Å². The third-order valence-electron chi connectivity index (χ3n) is 2.71. The zero-order chi connectivity index (χ0) is 11.2. The van der Waals surface area contributed by atoms with E-state index >= 15 is 0 Å². The molecule has 1 heterocycles. The van der Waals surface area contributed by atoms with Gasteiger partial charge in [0.05, 0.1) is 18.8 Å². The monoisotopic (exact) mass is 220 g/mol. The molecule has 2 rings (SSSR count). The maximum absolute atomic E-state index is 11.6. The van der Waals surface area contributed by atoms with E-state index in [1.807, 2.05) is 18.2 Å². The number of ether oxygens (including phenoxy) is 2. The van der Waals surface area contributed by atoms with Crippen LogP contribution in [-0.4, -0.2) is 25.8 Å². The molecule has 3 nitrogen and oxygen atoms in total. The molecule has 3 heteroatoms. The molecule has 1 atom stereocenters. The van der Waals surface area contributed by atoms with E-state index in [0.29, 0.717) is 24.7 Å². The first-order chi connectivity index (χ1) is 7.86. The topological polar surface area (TPSA) is 35.5 Å². The van der Waals surface area contributed by atoms with Gasteiger partial charge in [0, 0.05) is 12.5 Å². The zero-order valence-electron chi connectivity index (χ0n) is 9.22. The number of hydrogen-bond acceptors (Lipinski definition) is 3. The van der Waals surface area contributed by atoms with Gasteiger partial charge in [-0.25, -0.2) is 4.79 Å². The highest BCUT2D eigenvalue weighted by Gasteiger charge is 2.16. The van der Waals surface area contributed by atoms with Crippen LogP contribution in [0.15, 0.2) is 30.3 Å². The van der Waals surface area contributed by atoms with E-state index in [1.54, 1.807) is 12.1 Å². The first-order valence-electron chi connectivity index (χ1n) is 5.66. The molecule has 1 aliphatic heterocycles. The third kappa shape index (κ3) is 3.07. The van der Waals surface area contributed by atoms with Crippen molar-refractivity contribution in [3.63, 3.8) is 0 Å². The van der Waals surface area contributed by atoms with Crippen LogP contribution in [0.1, 0.15) is 23.2 Å². The van der Waals surface area contributed by atoms with Crippen LogP contribution in [0.25, 0.3) is 0 Å². The maximum atomic E-state index is 11.6. The standard InChI is InChI=1S/C13H16O3/c14-13(12-6-2-1-3-7-12)16-10-11-5-4-8-15-9-11/h1-3,6-7,11H,4-5,8-10H2/t11-/m0/s1. The molecule has 0 amide bonds. The Hall–Kier alpha value is -1.35. The minimum absolute atomic E-state index is 0.244. The Labute approximate surface area is 95.4 Å². The van der Waals surface area contributed by atoms with Gasteiger partial charge in [0.15, 0.2) is 0 Å². The molecular weight excluding hydrogens is 204 g/mol. The lowest BCUT2D eigenvalue weighted by atomic mass is 10.0. The molecular formula is C13H16O3. The Bertz CT molecular complexity index is 328. The van der Waals surface area contributed by atoms with Gasteiger partial charge >= 0.3 is 5.97 Å². The quantitative estimate of drug-likeness (QED) is 0.733. The van der Waals surface area contributed by atoms with Gasteiger partial charge in [-0.15, -0.1) is 0 Å². The first-order valence-corrected chi connectivity index (χ1v) is 5.66. The van der Waals surface area contributed by atoms with Crippen molar-refractivity contribution in [2.45, 2.75) is 12.8 Å². The highest BCUT2D eigenvalue weighted by atomic mass is 16.5. The zero-order valence-corrected chi connectivity index (χ0v) is 9.22. The second-order valence-electron chi connectivity index (χ2n) is 4.05. The molecule has 0 radical (unpaired) electrons. The lowest BCUT2D eigenvalue weighted by molar-refractivity contribution is 0.00860. The van der Waals surface area contributed by atoms with Crippen molar-refractivity contribution < 1.29 is 14.3 Å². The summed E-state index contributed by atoms with van der Waals surface area (Å²) >= 11 is 0. The largest absolute Gasteiger partial charge is 0.462 e. The number of benzene rings is 1. The van der Waals surface area contributed by atoms with Crippen molar-refractivity contribution in [1.29, 1.82) is 0 Å². The SMILES string of the molecule is O=C(OC[C@H]1CCCOC1)c1ccccc1. The van der Waals surface area contributed by atoms with Crippen molar-refractivity contribution >= 4 is 5.97 Å². The molecule has 0 aliphatic carbocycles. The highest BCUT2D eigenvalue weighted by molar-refractivity contribution is 5.89. The van der Waals surface area contributed by atoms with Crippen LogP contribution in [0.4, 0.5) is 0 Å². The minimum atomic E-state index is -0.244. The Morgan fingerprint density at radius 1 is 1.38 bits per heavy atom. The van der Waals surface area contributed by atoms with Crippen LogP contribution in [0.5, 0.6) is 0 Å². The second-order valence-corrected chi connectivity index (χ2v) is 4.05. The average molecular weight is 220 g/mol. The summed E-state index contributed by atoms with van der Waals surface area (Å²) in [5.41, 5.74) is 0.610. The van der Waals surface area contributed by atoms with E-state index in [9.17, 15) is 4.79 Å². The molecule has 1 saturated heterocycles. The molecule has 0 saturated carbocycles. The van der Waals surface area contributed by atoms with Gasteiger partial charge in [-0.1, -0.05) is 18.2 Å². The third-order valence-corrected chi connectivity index (χ3v) is 2.71. The lowest BCUT2D eigenvalue weighted by Gasteiger charge is -2.21. The lowest BCUT2D eigenvalue weighted by Crippen LogP contribution is -2.23. The van der Waals surface area contributed by atoms with Crippen LogP contribution in [0.3, 0.4) is 0 Å². The van der Waals surface area contributed by atoms with Gasteiger partial charge in [-0.2, -0.15) is 0 Å². The van der Waals surface area contributed by atoms with E-state index in [1.165, 1.54) is 0 Å². The summed E-state index contributed by atoms with van der Waals surface area (Å²) in [5.74, 6) is 0.118. The van der Waals surface area contributed by atoms with Gasteiger partial charge in [0.1, 0.15) is 0 Å². The number of carbonyl (C=O) groups excluding carboxylic acids is 1. The minimum Gasteiger partial charge on any atom is -0.462 e. The molecule has 1 fully saturated rings. The summed E-state index contributed by atoms with van der Waals surface area (Å²) in [5, 5.41) is 0. The van der Waals surface area contributed by atoms with E-state index in [2.05, 4.69) is 0 Å². The van der Waals surface area contributed by atoms with Crippen LogP contribution >= 0.6 is 0 Å².